The summed E-state index contributed by atoms with van der Waals surface area (Å²) in [5, 5.41) is 13.2. The number of nitrogens with zero attached hydrogens (tertiary/aromatic N) is 1. The molecule has 0 aliphatic heterocycles. The maximum Gasteiger partial charge on any atom is 0.127 e. The summed E-state index contributed by atoms with van der Waals surface area (Å²) >= 11 is 0. The van der Waals surface area contributed by atoms with Crippen LogP contribution in [0.2, 0.25) is 0 Å². The zero-order valence-corrected chi connectivity index (χ0v) is 14.1. The third kappa shape index (κ3) is 2.12. The molecule has 0 bridgehead atoms. The van der Waals surface area contributed by atoms with Gasteiger partial charge < -0.3 is 9.94 Å². The smallest absolute Gasteiger partial charge is 0.127 e. The number of benzene rings is 1. The highest BCUT2D eigenvalue weighted by Gasteiger charge is 2.52. The highest BCUT2D eigenvalue weighted by molar-refractivity contribution is 6.03. The standard InChI is InChI=1S/C20H26NO2/c1-3-20-9-4-5-18(20)17-12-19(21-22)15-7-6-13(23-2)11-16(15)14(17)8-10-20/h7,11,14,17-18,22H,3-5,8-10,12H2,1-2H3/b21-19+/t14-,17-,18+,20+/m1/s1. The van der Waals surface area contributed by atoms with Crippen LogP contribution in [-0.2, 0) is 0 Å². The Morgan fingerprint density at radius 2 is 2.26 bits per heavy atom. The van der Waals surface area contributed by atoms with E-state index >= 15 is 0 Å². The Balaban J connectivity index is 1.79. The van der Waals surface area contributed by atoms with Gasteiger partial charge in [0, 0.05) is 11.6 Å². The van der Waals surface area contributed by atoms with Crippen LogP contribution in [0.4, 0.5) is 0 Å². The molecule has 0 amide bonds. The highest BCUT2D eigenvalue weighted by atomic mass is 16.5. The molecule has 4 rings (SSSR count). The quantitative estimate of drug-likeness (QED) is 0.631. The number of hydrogen-bond acceptors (Lipinski definition) is 3. The van der Waals surface area contributed by atoms with Gasteiger partial charge in [-0.25, -0.2) is 0 Å². The molecule has 3 heteroatoms. The van der Waals surface area contributed by atoms with Crippen LogP contribution < -0.4 is 4.74 Å². The van der Waals surface area contributed by atoms with Crippen LogP contribution >= 0.6 is 0 Å². The molecular weight excluding hydrogens is 286 g/mol. The van der Waals surface area contributed by atoms with E-state index in [1.165, 1.54) is 44.1 Å². The fourth-order valence-corrected chi connectivity index (χ4v) is 5.96. The van der Waals surface area contributed by atoms with Crippen LogP contribution in [0.15, 0.2) is 17.3 Å². The van der Waals surface area contributed by atoms with Gasteiger partial charge in [-0.05, 0) is 73.0 Å². The SMILES string of the molecule is CC[C@@]12CCC[C@H]1[C@@H]1C/C(=N\O)c3c[c]c(OC)cc3[C@H]1CC2. The molecule has 1 N–H and O–H groups in total. The van der Waals surface area contributed by atoms with Crippen molar-refractivity contribution in [2.45, 2.75) is 57.8 Å². The predicted molar refractivity (Wildman–Crippen MR) is 90.3 cm³/mol. The third-order valence-corrected chi connectivity index (χ3v) is 7.10. The molecule has 123 valence electrons. The Morgan fingerprint density at radius 1 is 1.39 bits per heavy atom. The summed E-state index contributed by atoms with van der Waals surface area (Å²) in [5.41, 5.74) is 3.79. The Labute approximate surface area is 138 Å². The van der Waals surface area contributed by atoms with E-state index in [0.29, 0.717) is 17.3 Å². The van der Waals surface area contributed by atoms with Gasteiger partial charge in [-0.3, -0.25) is 0 Å². The molecule has 0 unspecified atom stereocenters. The van der Waals surface area contributed by atoms with Crippen molar-refractivity contribution in [2.75, 3.05) is 7.11 Å². The van der Waals surface area contributed by atoms with Crippen molar-refractivity contribution in [3.63, 3.8) is 0 Å². The van der Waals surface area contributed by atoms with E-state index in [0.717, 1.165) is 29.4 Å². The molecule has 1 aromatic rings. The molecule has 1 aromatic carbocycles. The first-order chi connectivity index (χ1) is 11.2. The monoisotopic (exact) mass is 312 g/mol. The van der Waals surface area contributed by atoms with Crippen molar-refractivity contribution in [1.29, 1.82) is 0 Å². The van der Waals surface area contributed by atoms with Crippen LogP contribution in [0.25, 0.3) is 0 Å². The van der Waals surface area contributed by atoms with Crippen molar-refractivity contribution in [3.8, 4) is 5.75 Å². The lowest BCUT2D eigenvalue weighted by Gasteiger charge is -2.50. The number of rotatable bonds is 2. The molecule has 3 nitrogen and oxygen atoms in total. The number of ether oxygens (including phenoxy) is 1. The molecule has 3 aliphatic carbocycles. The zero-order valence-electron chi connectivity index (χ0n) is 14.1. The van der Waals surface area contributed by atoms with Crippen LogP contribution in [0.3, 0.4) is 0 Å². The lowest BCUT2D eigenvalue weighted by Crippen LogP contribution is -2.42. The molecule has 1 radical (unpaired) electrons. The number of fused-ring (bicyclic) bond motifs is 5. The van der Waals surface area contributed by atoms with Crippen molar-refractivity contribution in [2.24, 2.45) is 22.4 Å². The molecule has 3 aliphatic rings. The summed E-state index contributed by atoms with van der Waals surface area (Å²) in [5.74, 6) is 2.78. The Kier molecular flexibility index (Phi) is 3.62. The molecule has 0 saturated heterocycles. The minimum Gasteiger partial charge on any atom is -0.496 e. The number of hydrogen-bond donors (Lipinski definition) is 1. The average Bonchev–Trinajstić information content (AvgIpc) is 3.05. The average molecular weight is 312 g/mol. The Morgan fingerprint density at radius 3 is 3.00 bits per heavy atom. The fraction of sp³-hybridized carbons (Fsp3) is 0.650. The van der Waals surface area contributed by atoms with Gasteiger partial charge in [-0.15, -0.1) is 0 Å². The summed E-state index contributed by atoms with van der Waals surface area (Å²) in [6, 6.07) is 7.24. The van der Waals surface area contributed by atoms with E-state index in [2.05, 4.69) is 24.2 Å². The van der Waals surface area contributed by atoms with Crippen LogP contribution in [0, 0.1) is 23.3 Å². The Hall–Kier alpha value is -1.51. The van der Waals surface area contributed by atoms with Crippen LogP contribution in [0.1, 0.15) is 68.9 Å². The second-order valence-corrected chi connectivity index (χ2v) is 7.64. The van der Waals surface area contributed by atoms with Crippen molar-refractivity contribution < 1.29 is 9.94 Å². The first-order valence-electron chi connectivity index (χ1n) is 9.03. The van der Waals surface area contributed by atoms with Gasteiger partial charge in [0.25, 0.3) is 0 Å². The summed E-state index contributed by atoms with van der Waals surface area (Å²) in [4.78, 5) is 0. The first-order valence-corrected chi connectivity index (χ1v) is 9.03. The summed E-state index contributed by atoms with van der Waals surface area (Å²) < 4.78 is 5.40. The second-order valence-electron chi connectivity index (χ2n) is 7.64. The van der Waals surface area contributed by atoms with E-state index in [-0.39, 0.29) is 0 Å². The number of oxime groups is 1. The molecule has 0 aromatic heterocycles. The predicted octanol–water partition coefficient (Wildman–Crippen LogP) is 4.77. The molecule has 0 spiro atoms. The van der Waals surface area contributed by atoms with E-state index < -0.39 is 0 Å². The minimum absolute atomic E-state index is 0.546. The molecule has 4 atom stereocenters. The van der Waals surface area contributed by atoms with Gasteiger partial charge >= 0.3 is 0 Å². The van der Waals surface area contributed by atoms with E-state index in [9.17, 15) is 5.21 Å². The van der Waals surface area contributed by atoms with E-state index in [1.807, 2.05) is 6.07 Å². The van der Waals surface area contributed by atoms with Crippen LogP contribution in [-0.4, -0.2) is 18.0 Å². The minimum atomic E-state index is 0.546. The molecule has 2 saturated carbocycles. The number of methoxy groups -OCH3 is 1. The summed E-state index contributed by atoms with van der Waals surface area (Å²) in [7, 11) is 1.69. The molecule has 0 heterocycles. The first kappa shape index (κ1) is 15.0. The van der Waals surface area contributed by atoms with Gasteiger partial charge in [0.2, 0.25) is 0 Å². The molecule has 23 heavy (non-hydrogen) atoms. The lowest BCUT2D eigenvalue weighted by molar-refractivity contribution is 0.0509. The summed E-state index contributed by atoms with van der Waals surface area (Å²) in [6.45, 7) is 2.37. The normalized spacial score (nSPS) is 37.1. The van der Waals surface area contributed by atoms with Gasteiger partial charge in [-0.2, -0.15) is 0 Å². The maximum atomic E-state index is 9.56. The van der Waals surface area contributed by atoms with Crippen LogP contribution in [0.5, 0.6) is 5.75 Å². The molecule has 2 fully saturated rings. The topological polar surface area (TPSA) is 41.8 Å². The van der Waals surface area contributed by atoms with Gasteiger partial charge in [-0.1, -0.05) is 24.9 Å². The zero-order chi connectivity index (χ0) is 16.0. The Bertz CT molecular complexity index is 639. The fourth-order valence-electron chi connectivity index (χ4n) is 5.96. The highest BCUT2D eigenvalue weighted by Crippen LogP contribution is 2.62. The van der Waals surface area contributed by atoms with Crippen molar-refractivity contribution >= 4 is 5.71 Å². The van der Waals surface area contributed by atoms with Crippen molar-refractivity contribution in [3.05, 3.63) is 29.3 Å². The summed E-state index contributed by atoms with van der Waals surface area (Å²) in [6.07, 6.45) is 8.92. The third-order valence-electron chi connectivity index (χ3n) is 7.10. The second kappa shape index (κ2) is 5.54. The maximum absolute atomic E-state index is 9.56. The van der Waals surface area contributed by atoms with E-state index in [4.69, 9.17) is 4.74 Å². The van der Waals surface area contributed by atoms with Gasteiger partial charge in [0.05, 0.1) is 12.8 Å². The molecular formula is C20H26NO2. The van der Waals surface area contributed by atoms with E-state index in [1.54, 1.807) is 7.11 Å². The van der Waals surface area contributed by atoms with Crippen molar-refractivity contribution in [1.82, 2.24) is 0 Å². The largest absolute Gasteiger partial charge is 0.496 e. The van der Waals surface area contributed by atoms with Gasteiger partial charge in [0.1, 0.15) is 5.75 Å². The lowest BCUT2D eigenvalue weighted by atomic mass is 9.54. The van der Waals surface area contributed by atoms with Gasteiger partial charge in [0.15, 0.2) is 0 Å².